The number of aromatic nitrogens is 1. The molecule has 2 heterocycles. The van der Waals surface area contributed by atoms with E-state index in [2.05, 4.69) is 10.3 Å². The van der Waals surface area contributed by atoms with Crippen molar-refractivity contribution in [2.45, 2.75) is 13.0 Å². The van der Waals surface area contributed by atoms with E-state index >= 15 is 0 Å². The van der Waals surface area contributed by atoms with Crippen molar-refractivity contribution in [3.05, 3.63) is 53.7 Å². The maximum atomic E-state index is 10.8. The molecule has 0 unspecified atom stereocenters. The molecule has 0 radical (unpaired) electrons. The minimum absolute atomic E-state index is 0.00594. The number of carboxylic acids is 1. The van der Waals surface area contributed by atoms with Gasteiger partial charge >= 0.3 is 5.97 Å². The minimum atomic E-state index is -1.04. The molecule has 0 saturated heterocycles. The molecule has 0 spiro atoms. The molecule has 0 fully saturated rings. The minimum Gasteiger partial charge on any atom is -0.475 e. The molecule has 2 rings (SSSR count). The fourth-order valence-electron chi connectivity index (χ4n) is 1.67. The van der Waals surface area contributed by atoms with E-state index in [4.69, 9.17) is 9.52 Å². The van der Waals surface area contributed by atoms with Gasteiger partial charge in [0.1, 0.15) is 0 Å². The Hall–Kier alpha value is -2.14. The standard InChI is InChI=1S/C13H14N2O3/c16-13(17)12-11(4-8-18-12)9-15-7-3-10-1-5-14-6-2-10/h1-2,4-6,8,15H,3,7,9H2,(H,16,17). The summed E-state index contributed by atoms with van der Waals surface area (Å²) in [5.74, 6) is -1.03. The van der Waals surface area contributed by atoms with Gasteiger partial charge in [-0.2, -0.15) is 0 Å². The van der Waals surface area contributed by atoms with Crippen molar-refractivity contribution < 1.29 is 14.3 Å². The van der Waals surface area contributed by atoms with Crippen LogP contribution in [-0.2, 0) is 13.0 Å². The zero-order chi connectivity index (χ0) is 12.8. The Balaban J connectivity index is 1.79. The molecular weight excluding hydrogens is 232 g/mol. The van der Waals surface area contributed by atoms with Gasteiger partial charge in [-0.3, -0.25) is 4.98 Å². The van der Waals surface area contributed by atoms with Gasteiger partial charge in [0.2, 0.25) is 5.76 Å². The molecule has 2 aromatic rings. The Morgan fingerprint density at radius 1 is 1.33 bits per heavy atom. The largest absolute Gasteiger partial charge is 0.475 e. The molecule has 0 aromatic carbocycles. The van der Waals surface area contributed by atoms with Gasteiger partial charge in [-0.05, 0) is 36.7 Å². The number of nitrogens with one attached hydrogen (secondary N) is 1. The van der Waals surface area contributed by atoms with E-state index in [0.717, 1.165) is 13.0 Å². The van der Waals surface area contributed by atoms with Crippen LogP contribution in [0.15, 0.2) is 41.3 Å². The highest BCUT2D eigenvalue weighted by atomic mass is 16.4. The summed E-state index contributed by atoms with van der Waals surface area (Å²) >= 11 is 0. The number of hydrogen-bond donors (Lipinski definition) is 2. The summed E-state index contributed by atoms with van der Waals surface area (Å²) < 4.78 is 4.89. The second-order valence-corrected chi connectivity index (χ2v) is 3.86. The second kappa shape index (κ2) is 5.97. The molecule has 0 atom stereocenters. The molecule has 0 amide bonds. The monoisotopic (exact) mass is 246 g/mol. The molecule has 0 aliphatic heterocycles. The summed E-state index contributed by atoms with van der Waals surface area (Å²) in [6.45, 7) is 1.26. The molecule has 94 valence electrons. The van der Waals surface area contributed by atoms with Crippen LogP contribution >= 0.6 is 0 Å². The quantitative estimate of drug-likeness (QED) is 0.759. The average Bonchev–Trinajstić information content (AvgIpc) is 2.84. The summed E-state index contributed by atoms with van der Waals surface area (Å²) in [6, 6.07) is 5.59. The number of carboxylic acid groups (broad SMARTS) is 1. The van der Waals surface area contributed by atoms with Gasteiger partial charge in [-0.1, -0.05) is 0 Å². The molecular formula is C13H14N2O3. The lowest BCUT2D eigenvalue weighted by molar-refractivity contribution is 0.0660. The second-order valence-electron chi connectivity index (χ2n) is 3.86. The number of carbonyl (C=O) groups is 1. The van der Waals surface area contributed by atoms with E-state index in [-0.39, 0.29) is 5.76 Å². The highest BCUT2D eigenvalue weighted by Gasteiger charge is 2.12. The Morgan fingerprint density at radius 3 is 2.83 bits per heavy atom. The third-order valence-electron chi connectivity index (χ3n) is 2.60. The highest BCUT2D eigenvalue weighted by Crippen LogP contribution is 2.09. The van der Waals surface area contributed by atoms with Gasteiger partial charge in [0.25, 0.3) is 0 Å². The Kier molecular flexibility index (Phi) is 4.09. The predicted octanol–water partition coefficient (Wildman–Crippen LogP) is 1.71. The smallest absolute Gasteiger partial charge is 0.372 e. The number of aromatic carboxylic acids is 1. The lowest BCUT2D eigenvalue weighted by Crippen LogP contribution is -2.17. The van der Waals surface area contributed by atoms with E-state index in [0.29, 0.717) is 12.1 Å². The van der Waals surface area contributed by atoms with Crippen LogP contribution in [0.4, 0.5) is 0 Å². The highest BCUT2D eigenvalue weighted by molar-refractivity contribution is 5.86. The maximum Gasteiger partial charge on any atom is 0.372 e. The van der Waals surface area contributed by atoms with E-state index in [1.165, 1.54) is 11.8 Å². The first-order chi connectivity index (χ1) is 8.77. The van der Waals surface area contributed by atoms with Crippen molar-refractivity contribution >= 4 is 5.97 Å². The van der Waals surface area contributed by atoms with Crippen LogP contribution in [0.2, 0.25) is 0 Å². The summed E-state index contributed by atoms with van der Waals surface area (Å²) in [6.07, 6.45) is 5.79. The maximum absolute atomic E-state index is 10.8. The fourth-order valence-corrected chi connectivity index (χ4v) is 1.67. The Bertz CT molecular complexity index is 508. The van der Waals surface area contributed by atoms with Crippen LogP contribution in [0.3, 0.4) is 0 Å². The molecule has 18 heavy (non-hydrogen) atoms. The van der Waals surface area contributed by atoms with Crippen molar-refractivity contribution in [2.24, 2.45) is 0 Å². The van der Waals surface area contributed by atoms with Gasteiger partial charge < -0.3 is 14.8 Å². The van der Waals surface area contributed by atoms with Crippen LogP contribution in [0, 0.1) is 0 Å². The fraction of sp³-hybridized carbons (Fsp3) is 0.231. The number of hydrogen-bond acceptors (Lipinski definition) is 4. The van der Waals surface area contributed by atoms with E-state index < -0.39 is 5.97 Å². The topological polar surface area (TPSA) is 75.4 Å². The van der Waals surface area contributed by atoms with E-state index in [1.807, 2.05) is 12.1 Å². The summed E-state index contributed by atoms with van der Waals surface area (Å²) in [4.78, 5) is 14.8. The van der Waals surface area contributed by atoms with Gasteiger partial charge in [0.15, 0.2) is 0 Å². The lowest BCUT2D eigenvalue weighted by Gasteiger charge is -2.03. The van der Waals surface area contributed by atoms with Gasteiger partial charge in [-0.25, -0.2) is 4.79 Å². The molecule has 0 bridgehead atoms. The van der Waals surface area contributed by atoms with E-state index in [9.17, 15) is 4.79 Å². The van der Waals surface area contributed by atoms with E-state index in [1.54, 1.807) is 18.5 Å². The van der Waals surface area contributed by atoms with Gasteiger partial charge in [0, 0.05) is 24.5 Å². The van der Waals surface area contributed by atoms with Crippen molar-refractivity contribution in [3.63, 3.8) is 0 Å². The first kappa shape index (κ1) is 12.3. The molecule has 0 aliphatic carbocycles. The normalized spacial score (nSPS) is 10.4. The van der Waals surface area contributed by atoms with Crippen LogP contribution in [0.25, 0.3) is 0 Å². The Labute approximate surface area is 104 Å². The van der Waals surface area contributed by atoms with Crippen LogP contribution in [0.1, 0.15) is 21.7 Å². The number of rotatable bonds is 6. The third-order valence-corrected chi connectivity index (χ3v) is 2.60. The van der Waals surface area contributed by atoms with Gasteiger partial charge in [0.05, 0.1) is 6.26 Å². The third kappa shape index (κ3) is 3.18. The van der Waals surface area contributed by atoms with Gasteiger partial charge in [-0.15, -0.1) is 0 Å². The average molecular weight is 246 g/mol. The molecule has 5 heteroatoms. The number of nitrogens with zero attached hydrogens (tertiary/aromatic N) is 1. The van der Waals surface area contributed by atoms with Crippen molar-refractivity contribution in [2.75, 3.05) is 6.54 Å². The number of pyridine rings is 1. The van der Waals surface area contributed by atoms with Crippen molar-refractivity contribution in [1.82, 2.24) is 10.3 Å². The Morgan fingerprint density at radius 2 is 2.11 bits per heavy atom. The van der Waals surface area contributed by atoms with Crippen molar-refractivity contribution in [3.8, 4) is 0 Å². The van der Waals surface area contributed by atoms with Crippen LogP contribution in [0.5, 0.6) is 0 Å². The van der Waals surface area contributed by atoms with Crippen LogP contribution < -0.4 is 5.32 Å². The predicted molar refractivity (Wildman–Crippen MR) is 65.3 cm³/mol. The first-order valence-electron chi connectivity index (χ1n) is 5.66. The number of furan rings is 1. The first-order valence-corrected chi connectivity index (χ1v) is 5.66. The molecule has 0 aliphatic rings. The van der Waals surface area contributed by atoms with Crippen LogP contribution in [-0.4, -0.2) is 22.6 Å². The zero-order valence-corrected chi connectivity index (χ0v) is 9.80. The molecule has 5 nitrogen and oxygen atoms in total. The summed E-state index contributed by atoms with van der Waals surface area (Å²) in [5.41, 5.74) is 1.86. The zero-order valence-electron chi connectivity index (χ0n) is 9.80. The SMILES string of the molecule is O=C(O)c1occc1CNCCc1ccncc1. The van der Waals surface area contributed by atoms with Crippen molar-refractivity contribution in [1.29, 1.82) is 0 Å². The molecule has 2 N–H and O–H groups in total. The summed E-state index contributed by atoms with van der Waals surface area (Å²) in [5, 5.41) is 12.0. The lowest BCUT2D eigenvalue weighted by atomic mass is 10.2. The summed E-state index contributed by atoms with van der Waals surface area (Å²) in [7, 11) is 0. The molecule has 2 aromatic heterocycles. The molecule has 0 saturated carbocycles.